The molecule has 0 aliphatic heterocycles. The average Bonchev–Trinajstić information content (AvgIpc) is 3.16. The van der Waals surface area contributed by atoms with Gasteiger partial charge in [-0.25, -0.2) is 9.48 Å². The molecule has 2 aromatic heterocycles. The van der Waals surface area contributed by atoms with Crippen molar-refractivity contribution in [2.75, 3.05) is 6.61 Å². The van der Waals surface area contributed by atoms with E-state index in [0.29, 0.717) is 37.6 Å². The average molecular weight is 495 g/mol. The van der Waals surface area contributed by atoms with E-state index in [1.54, 1.807) is 35.9 Å². The molecule has 2 heterocycles. The Morgan fingerprint density at radius 1 is 1.12 bits per heavy atom. The van der Waals surface area contributed by atoms with E-state index in [1.165, 1.54) is 12.2 Å². The first-order chi connectivity index (χ1) is 15.1. The number of Topliss-reactive ketones (excluding diaryl/α,β-unsaturated/α-hetero) is 1. The smallest absolute Gasteiger partial charge is 0.331 e. The monoisotopic (exact) mass is 493 g/mol. The van der Waals surface area contributed by atoms with E-state index >= 15 is 0 Å². The van der Waals surface area contributed by atoms with Crippen LogP contribution in [0.25, 0.3) is 6.08 Å². The molecule has 0 N–H and O–H groups in total. The Morgan fingerprint density at radius 2 is 1.78 bits per heavy atom. The third kappa shape index (κ3) is 5.09. The second kappa shape index (κ2) is 9.94. The molecule has 0 radical (unpaired) electrons. The lowest BCUT2D eigenvalue weighted by molar-refractivity contribution is -0.136. The second-order valence-electron chi connectivity index (χ2n) is 7.36. The Hall–Kier alpha value is -2.54. The lowest BCUT2D eigenvalue weighted by Gasteiger charge is -2.08. The van der Waals surface area contributed by atoms with Gasteiger partial charge >= 0.3 is 5.97 Å². The molecule has 6 nitrogen and oxygen atoms in total. The highest BCUT2D eigenvalue weighted by atomic mass is 35.5. The van der Waals surface area contributed by atoms with Crippen molar-refractivity contribution in [1.82, 2.24) is 14.3 Å². The summed E-state index contributed by atoms with van der Waals surface area (Å²) in [4.78, 5) is 24.5. The maximum atomic E-state index is 12.4. The van der Waals surface area contributed by atoms with E-state index in [4.69, 9.17) is 39.5 Å². The van der Waals surface area contributed by atoms with Crippen LogP contribution >= 0.6 is 34.8 Å². The summed E-state index contributed by atoms with van der Waals surface area (Å²) >= 11 is 18.9. The Balaban J connectivity index is 1.68. The summed E-state index contributed by atoms with van der Waals surface area (Å²) in [5, 5.41) is 5.76. The van der Waals surface area contributed by atoms with E-state index in [1.807, 2.05) is 25.5 Å². The van der Waals surface area contributed by atoms with Crippen molar-refractivity contribution in [3.8, 4) is 0 Å². The van der Waals surface area contributed by atoms with E-state index in [0.717, 1.165) is 11.4 Å². The lowest BCUT2D eigenvalue weighted by atomic mass is 10.1. The molecule has 3 aromatic rings. The van der Waals surface area contributed by atoms with Gasteiger partial charge < -0.3 is 9.30 Å². The molecule has 1 aromatic carbocycles. The zero-order valence-electron chi connectivity index (χ0n) is 18.1. The van der Waals surface area contributed by atoms with Crippen molar-refractivity contribution in [1.29, 1.82) is 0 Å². The number of ketones is 1. The van der Waals surface area contributed by atoms with Crippen molar-refractivity contribution in [3.05, 3.63) is 79.3 Å². The van der Waals surface area contributed by atoms with Crippen molar-refractivity contribution in [2.45, 2.75) is 27.3 Å². The van der Waals surface area contributed by atoms with Crippen LogP contribution in [0.5, 0.6) is 0 Å². The first-order valence-electron chi connectivity index (χ1n) is 9.77. The molecule has 0 saturated carbocycles. The third-order valence-corrected chi connectivity index (χ3v) is 6.39. The first kappa shape index (κ1) is 24.1. The lowest BCUT2D eigenvalue weighted by Crippen LogP contribution is -2.13. The summed E-state index contributed by atoms with van der Waals surface area (Å²) < 4.78 is 8.57. The number of aryl methyl sites for hydroxylation is 2. The van der Waals surface area contributed by atoms with Gasteiger partial charge in [-0.3, -0.25) is 4.79 Å². The number of hydrogen-bond acceptors (Lipinski definition) is 4. The fourth-order valence-electron chi connectivity index (χ4n) is 3.25. The van der Waals surface area contributed by atoms with Crippen molar-refractivity contribution in [2.24, 2.45) is 7.05 Å². The molecule has 0 spiro atoms. The molecular formula is C23H22Cl3N3O3. The minimum absolute atomic E-state index is 0.258. The molecule has 168 valence electrons. The van der Waals surface area contributed by atoms with Gasteiger partial charge in [0.2, 0.25) is 5.78 Å². The van der Waals surface area contributed by atoms with Crippen LogP contribution in [-0.4, -0.2) is 32.7 Å². The number of carbonyl (C=O) groups is 2. The van der Waals surface area contributed by atoms with Gasteiger partial charge in [-0.1, -0.05) is 40.9 Å². The Bertz CT molecular complexity index is 1200. The Labute approximate surface area is 201 Å². The summed E-state index contributed by atoms with van der Waals surface area (Å²) in [5.41, 5.74) is 4.20. The summed E-state index contributed by atoms with van der Waals surface area (Å²) in [5.74, 6) is -0.910. The normalized spacial score (nSPS) is 11.3. The molecule has 0 aliphatic rings. The number of ether oxygens (including phenoxy) is 1. The van der Waals surface area contributed by atoms with Crippen LogP contribution in [0, 0.1) is 20.8 Å². The quantitative estimate of drug-likeness (QED) is 0.244. The number of carbonyl (C=O) groups excluding carboxylic acids is 2. The third-order valence-electron chi connectivity index (χ3n) is 5.29. The molecule has 0 aliphatic carbocycles. The maximum absolute atomic E-state index is 12.4. The summed E-state index contributed by atoms with van der Waals surface area (Å²) in [7, 11) is 1.88. The molecular weight excluding hydrogens is 473 g/mol. The predicted octanol–water partition coefficient (Wildman–Crippen LogP) is 5.59. The second-order valence-corrected chi connectivity index (χ2v) is 8.53. The van der Waals surface area contributed by atoms with Crippen molar-refractivity contribution >= 4 is 52.6 Å². The number of halogens is 3. The number of rotatable bonds is 7. The van der Waals surface area contributed by atoms with Gasteiger partial charge in [0.05, 0.1) is 12.2 Å². The van der Waals surface area contributed by atoms with Gasteiger partial charge in [-0.05, 0) is 45.0 Å². The molecule has 3 rings (SSSR count). The predicted molar refractivity (Wildman–Crippen MR) is 127 cm³/mol. The van der Waals surface area contributed by atoms with Crippen molar-refractivity contribution in [3.63, 3.8) is 0 Å². The van der Waals surface area contributed by atoms with Crippen LogP contribution in [0.3, 0.4) is 0 Å². The maximum Gasteiger partial charge on any atom is 0.331 e. The van der Waals surface area contributed by atoms with Gasteiger partial charge in [-0.15, -0.1) is 0 Å². The summed E-state index contributed by atoms with van der Waals surface area (Å²) in [6.45, 7) is 5.46. The topological polar surface area (TPSA) is 66.1 Å². The Kier molecular flexibility index (Phi) is 7.49. The molecule has 0 bridgehead atoms. The van der Waals surface area contributed by atoms with Crippen LogP contribution in [0.4, 0.5) is 0 Å². The molecule has 0 fully saturated rings. The zero-order chi connectivity index (χ0) is 23.6. The minimum Gasteiger partial charge on any atom is -0.454 e. The van der Waals surface area contributed by atoms with E-state index in [-0.39, 0.29) is 18.9 Å². The van der Waals surface area contributed by atoms with Gasteiger partial charge in [0.25, 0.3) is 0 Å². The number of aromatic nitrogens is 3. The van der Waals surface area contributed by atoms with Gasteiger partial charge in [0.1, 0.15) is 5.15 Å². The standard InChI is InChI=1S/C23H22Cl3N3O3/c1-13-10-17(15(3)28(13)4)21(30)12-32-22(31)9-8-16-14(2)27-29(23(16)26)11-18-19(24)6-5-7-20(18)25/h5-10H,11-12H2,1-4H3. The van der Waals surface area contributed by atoms with Crippen LogP contribution < -0.4 is 0 Å². The number of esters is 1. The SMILES string of the molecule is Cc1nn(Cc2c(Cl)cccc2Cl)c(Cl)c1C=CC(=O)OCC(=O)c1cc(C)n(C)c1C. The highest BCUT2D eigenvalue weighted by Gasteiger charge is 2.17. The van der Waals surface area contributed by atoms with Gasteiger partial charge in [0.15, 0.2) is 6.61 Å². The highest BCUT2D eigenvalue weighted by molar-refractivity contribution is 6.36. The summed E-state index contributed by atoms with van der Waals surface area (Å²) in [6, 6.07) is 7.02. The van der Waals surface area contributed by atoms with E-state index < -0.39 is 5.97 Å². The zero-order valence-corrected chi connectivity index (χ0v) is 20.3. The van der Waals surface area contributed by atoms with E-state index in [2.05, 4.69) is 5.10 Å². The van der Waals surface area contributed by atoms with Gasteiger partial charge in [0, 0.05) is 51.2 Å². The minimum atomic E-state index is -0.652. The van der Waals surface area contributed by atoms with Crippen LogP contribution in [0.2, 0.25) is 15.2 Å². The fourth-order valence-corrected chi connectivity index (χ4v) is 4.06. The van der Waals surface area contributed by atoms with Crippen LogP contribution in [-0.2, 0) is 23.1 Å². The summed E-state index contributed by atoms with van der Waals surface area (Å²) in [6.07, 6.45) is 2.74. The van der Waals surface area contributed by atoms with Crippen molar-refractivity contribution < 1.29 is 14.3 Å². The van der Waals surface area contributed by atoms with Crippen LogP contribution in [0.1, 0.15) is 38.6 Å². The molecule has 0 amide bonds. The molecule has 32 heavy (non-hydrogen) atoms. The molecule has 9 heteroatoms. The Morgan fingerprint density at radius 3 is 2.38 bits per heavy atom. The molecule has 0 saturated heterocycles. The number of nitrogens with zero attached hydrogens (tertiary/aromatic N) is 3. The molecule has 0 atom stereocenters. The number of hydrogen-bond donors (Lipinski definition) is 0. The van der Waals surface area contributed by atoms with Gasteiger partial charge in [-0.2, -0.15) is 5.10 Å². The number of benzene rings is 1. The molecule has 0 unspecified atom stereocenters. The highest BCUT2D eigenvalue weighted by Crippen LogP contribution is 2.28. The largest absolute Gasteiger partial charge is 0.454 e. The fraction of sp³-hybridized carbons (Fsp3) is 0.261. The van der Waals surface area contributed by atoms with E-state index in [9.17, 15) is 9.59 Å². The first-order valence-corrected chi connectivity index (χ1v) is 10.9. The van der Waals surface area contributed by atoms with Crippen LogP contribution in [0.15, 0.2) is 30.3 Å².